The lowest BCUT2D eigenvalue weighted by Gasteiger charge is -2.18. The third-order valence-corrected chi connectivity index (χ3v) is 9.13. The van der Waals surface area contributed by atoms with Gasteiger partial charge in [0.2, 0.25) is 0 Å². The quantitative estimate of drug-likeness (QED) is 0.0551. The molecule has 0 aliphatic carbocycles. The molecule has 1 N–H and O–H groups in total. The molecule has 0 aliphatic heterocycles. The number of carbonyl (C=O) groups excluding carboxylic acids is 1. The van der Waals surface area contributed by atoms with Crippen molar-refractivity contribution in [3.63, 3.8) is 0 Å². The van der Waals surface area contributed by atoms with Gasteiger partial charge in [-0.15, -0.1) is 0 Å². The molecule has 2 atom stereocenters. The summed E-state index contributed by atoms with van der Waals surface area (Å²) in [6.45, 7) is 13.2. The summed E-state index contributed by atoms with van der Waals surface area (Å²) in [5, 5.41) is 3.09. The molecule has 0 aromatic rings. The molecule has 2 unspecified atom stereocenters. The highest BCUT2D eigenvalue weighted by Gasteiger charge is 2.11. The number of hydrogen-bond acceptors (Lipinski definition) is 3. The van der Waals surface area contributed by atoms with E-state index < -0.39 is 0 Å². The maximum Gasteiger partial charge on any atom is 0.407 e. The van der Waals surface area contributed by atoms with Crippen molar-refractivity contribution in [2.45, 2.75) is 202 Å². The molecular formula is C43H86N2O2. The summed E-state index contributed by atoms with van der Waals surface area (Å²) in [7, 11) is 4.10. The zero-order valence-electron chi connectivity index (χ0n) is 33.2. The number of hydrogen-bond donors (Lipinski definition) is 1. The Morgan fingerprint density at radius 1 is 0.617 bits per heavy atom. The van der Waals surface area contributed by atoms with E-state index in [-0.39, 0.29) is 6.09 Å². The van der Waals surface area contributed by atoms with Gasteiger partial charge in [0.05, 0.1) is 6.61 Å². The smallest absolute Gasteiger partial charge is 0.407 e. The largest absolute Gasteiger partial charge is 0.450 e. The molecule has 0 radical (unpaired) electrons. The van der Waals surface area contributed by atoms with Gasteiger partial charge in [-0.3, -0.25) is 0 Å². The lowest BCUT2D eigenvalue weighted by atomic mass is 9.93. The summed E-state index contributed by atoms with van der Waals surface area (Å²) in [6, 6.07) is 0. The molecular weight excluding hydrogens is 576 g/mol. The van der Waals surface area contributed by atoms with Crippen LogP contribution in [0.4, 0.5) is 4.79 Å². The molecule has 0 heterocycles. The first kappa shape index (κ1) is 47.8. The van der Waals surface area contributed by atoms with Crippen molar-refractivity contribution in [3.8, 4) is 0 Å². The van der Waals surface area contributed by atoms with Gasteiger partial charge in [0, 0.05) is 13.1 Å². The van der Waals surface area contributed by atoms with Gasteiger partial charge in [0.15, 0.2) is 0 Å². The summed E-state index contributed by atoms with van der Waals surface area (Å²) in [5.41, 5.74) is 0. The molecule has 0 spiro atoms. The third kappa shape index (κ3) is 40.8. The van der Waals surface area contributed by atoms with Crippen LogP contribution in [0, 0.1) is 11.8 Å². The molecule has 0 saturated carbocycles. The predicted octanol–water partition coefficient (Wildman–Crippen LogP) is 13.8. The first-order valence-corrected chi connectivity index (χ1v) is 20.8. The number of nitrogens with one attached hydrogen (secondary N) is 1. The molecule has 1 amide bonds. The van der Waals surface area contributed by atoms with E-state index in [2.05, 4.69) is 69.4 Å². The maximum absolute atomic E-state index is 12.3. The number of carbonyl (C=O) groups is 1. The van der Waals surface area contributed by atoms with Gasteiger partial charge in [0.25, 0.3) is 0 Å². The average Bonchev–Trinajstić information content (AvgIpc) is 3.07. The Morgan fingerprint density at radius 2 is 1.09 bits per heavy atom. The van der Waals surface area contributed by atoms with Crippen molar-refractivity contribution < 1.29 is 9.53 Å². The van der Waals surface area contributed by atoms with Crippen LogP contribution in [-0.4, -0.2) is 44.8 Å². The first-order chi connectivity index (χ1) is 23.0. The highest BCUT2D eigenvalue weighted by Crippen LogP contribution is 2.20. The monoisotopic (exact) mass is 663 g/mol. The summed E-state index contributed by atoms with van der Waals surface area (Å²) in [5.74, 6) is 1.40. The second kappa shape index (κ2) is 40.9. The molecule has 0 aromatic heterocycles. The second-order valence-electron chi connectivity index (χ2n) is 14.2. The molecule has 4 heteroatoms. The minimum Gasteiger partial charge on any atom is -0.450 e. The number of alkyl carbamates (subject to hydrolysis) is 1. The zero-order chi connectivity index (χ0) is 35.1. The van der Waals surface area contributed by atoms with Crippen LogP contribution in [0.15, 0.2) is 24.3 Å². The summed E-state index contributed by atoms with van der Waals surface area (Å²) in [6.07, 6.45) is 43.3. The van der Waals surface area contributed by atoms with Gasteiger partial charge in [0.1, 0.15) is 0 Å². The van der Waals surface area contributed by atoms with Crippen molar-refractivity contribution in [1.82, 2.24) is 10.2 Å². The Hall–Kier alpha value is -1.29. The average molecular weight is 663 g/mol. The normalized spacial score (nSPS) is 12.9. The van der Waals surface area contributed by atoms with Crippen molar-refractivity contribution in [2.75, 3.05) is 33.8 Å². The van der Waals surface area contributed by atoms with E-state index >= 15 is 0 Å². The Balaban J connectivity index is 0. The zero-order valence-corrected chi connectivity index (χ0v) is 33.2. The minimum absolute atomic E-state index is 0.238. The van der Waals surface area contributed by atoms with Crippen LogP contribution in [0.2, 0.25) is 0 Å². The van der Waals surface area contributed by atoms with Gasteiger partial charge in [-0.25, -0.2) is 4.79 Å². The summed E-state index contributed by atoms with van der Waals surface area (Å²) >= 11 is 0. The molecule has 0 bridgehead atoms. The highest BCUT2D eigenvalue weighted by molar-refractivity contribution is 5.67. The van der Waals surface area contributed by atoms with Gasteiger partial charge in [-0.2, -0.15) is 0 Å². The lowest BCUT2D eigenvalue weighted by molar-refractivity contribution is 0.139. The Kier molecular flexibility index (Phi) is 41.6. The molecule has 0 rings (SSSR count). The van der Waals surface area contributed by atoms with Crippen LogP contribution >= 0.6 is 0 Å². The topological polar surface area (TPSA) is 41.6 Å². The van der Waals surface area contributed by atoms with Gasteiger partial charge in [-0.05, 0) is 83.7 Å². The second-order valence-corrected chi connectivity index (χ2v) is 14.2. The van der Waals surface area contributed by atoms with Gasteiger partial charge >= 0.3 is 6.09 Å². The third-order valence-electron chi connectivity index (χ3n) is 9.13. The van der Waals surface area contributed by atoms with Crippen molar-refractivity contribution in [3.05, 3.63) is 24.3 Å². The number of rotatable bonds is 34. The Morgan fingerprint density at radius 3 is 1.64 bits per heavy atom. The molecule has 4 nitrogen and oxygen atoms in total. The molecule has 280 valence electrons. The fourth-order valence-electron chi connectivity index (χ4n) is 6.02. The molecule has 0 fully saturated rings. The van der Waals surface area contributed by atoms with E-state index in [1.807, 2.05) is 13.8 Å². The van der Waals surface area contributed by atoms with Crippen LogP contribution < -0.4 is 5.32 Å². The SMILES string of the molecule is CC.CCCC/C=C/CC(C)CCCCCCCCC(CCCCCCC/C=C/CCCCCCC)CNC(=O)OCCCN(C)C. The standard InChI is InChI=1S/C41H80N2O2.C2H6/c1-6-8-10-12-13-14-15-16-17-18-19-20-25-29-34-40(38-42-41(44)45-37-31-36-43(4)5)35-30-26-22-21-24-28-33-39(3)32-27-23-11-9-7-2;1-2/h15-16,23,27,39-40H,6-14,17-22,24-26,28-38H2,1-5H3,(H,42,44);1-2H3/b16-15+,27-23+;. The number of ether oxygens (including phenoxy) is 1. The van der Waals surface area contributed by atoms with Crippen LogP contribution in [0.3, 0.4) is 0 Å². The molecule has 0 aromatic carbocycles. The van der Waals surface area contributed by atoms with Crippen LogP contribution in [0.5, 0.6) is 0 Å². The molecule has 47 heavy (non-hydrogen) atoms. The van der Waals surface area contributed by atoms with E-state index in [0.29, 0.717) is 12.5 Å². The van der Waals surface area contributed by atoms with E-state index in [1.54, 1.807) is 0 Å². The van der Waals surface area contributed by atoms with E-state index in [4.69, 9.17) is 4.74 Å². The summed E-state index contributed by atoms with van der Waals surface area (Å²) < 4.78 is 5.42. The van der Waals surface area contributed by atoms with Gasteiger partial charge < -0.3 is 15.0 Å². The van der Waals surface area contributed by atoms with Crippen LogP contribution in [0.1, 0.15) is 202 Å². The van der Waals surface area contributed by atoms with E-state index in [0.717, 1.165) is 25.4 Å². The number of nitrogens with zero attached hydrogens (tertiary/aromatic N) is 1. The fraction of sp³-hybridized carbons (Fsp3) is 0.884. The van der Waals surface area contributed by atoms with E-state index in [1.165, 1.54) is 161 Å². The Bertz CT molecular complexity index is 660. The van der Waals surface area contributed by atoms with Crippen molar-refractivity contribution in [2.24, 2.45) is 11.8 Å². The predicted molar refractivity (Wildman–Crippen MR) is 212 cm³/mol. The molecule has 0 aliphatic rings. The first-order valence-electron chi connectivity index (χ1n) is 20.8. The lowest BCUT2D eigenvalue weighted by Crippen LogP contribution is -2.30. The van der Waals surface area contributed by atoms with Crippen LogP contribution in [-0.2, 0) is 4.74 Å². The summed E-state index contributed by atoms with van der Waals surface area (Å²) in [4.78, 5) is 14.4. The van der Waals surface area contributed by atoms with E-state index in [9.17, 15) is 4.79 Å². The maximum atomic E-state index is 12.3. The van der Waals surface area contributed by atoms with Crippen molar-refractivity contribution >= 4 is 6.09 Å². The van der Waals surface area contributed by atoms with Gasteiger partial charge in [-0.1, -0.05) is 168 Å². The minimum atomic E-state index is -0.238. The van der Waals surface area contributed by atoms with Crippen molar-refractivity contribution in [1.29, 1.82) is 0 Å². The number of amides is 1. The number of unbranched alkanes of at least 4 members (excludes halogenated alkanes) is 17. The van der Waals surface area contributed by atoms with Crippen LogP contribution in [0.25, 0.3) is 0 Å². The molecule has 0 saturated heterocycles. The highest BCUT2D eigenvalue weighted by atomic mass is 16.5. The fourth-order valence-corrected chi connectivity index (χ4v) is 6.02. The Labute approximate surface area is 296 Å². The number of allylic oxidation sites excluding steroid dienone is 4.